The lowest BCUT2D eigenvalue weighted by atomic mass is 9.70. The number of nitrogens with one attached hydrogen (secondary N) is 5. The summed E-state index contributed by atoms with van der Waals surface area (Å²) in [5.74, 6) is -0.602. The van der Waals surface area contributed by atoms with Crippen LogP contribution in [0.1, 0.15) is 99.3 Å². The largest absolute Gasteiger partial charge is 0.447 e. The second-order valence-corrected chi connectivity index (χ2v) is 14.4. The van der Waals surface area contributed by atoms with Crippen molar-refractivity contribution in [3.8, 4) is 12.3 Å². The number of hydrogen-bond donors (Lipinski definition) is 5. The quantitative estimate of drug-likeness (QED) is 0.0942. The Hall–Kier alpha value is -4.08. The number of hydrogen-bond acceptors (Lipinski definition) is 7. The van der Waals surface area contributed by atoms with Crippen molar-refractivity contribution in [3.63, 3.8) is 0 Å². The van der Waals surface area contributed by atoms with E-state index in [1.54, 1.807) is 13.0 Å². The van der Waals surface area contributed by atoms with Gasteiger partial charge in [0.15, 0.2) is 0 Å². The maximum Gasteiger partial charge on any atom is 0.407 e. The van der Waals surface area contributed by atoms with E-state index in [1.165, 1.54) is 4.90 Å². The van der Waals surface area contributed by atoms with Crippen LogP contribution >= 0.6 is 0 Å². The molecule has 0 aromatic heterocycles. The van der Waals surface area contributed by atoms with Crippen LogP contribution in [0.2, 0.25) is 0 Å². The smallest absolute Gasteiger partial charge is 0.407 e. The highest BCUT2D eigenvalue weighted by molar-refractivity contribution is 6.38. The lowest BCUT2D eigenvalue weighted by Gasteiger charge is -2.43. The van der Waals surface area contributed by atoms with E-state index in [2.05, 4.69) is 39.1 Å². The molecule has 1 saturated heterocycles. The maximum atomic E-state index is 14.6. The highest BCUT2D eigenvalue weighted by atomic mass is 16.5. The van der Waals surface area contributed by atoms with Gasteiger partial charge in [0.05, 0.1) is 12.1 Å². The molecule has 13 nitrogen and oxygen atoms in total. The van der Waals surface area contributed by atoms with Gasteiger partial charge in [-0.1, -0.05) is 60.0 Å². The Morgan fingerprint density at radius 3 is 2.29 bits per heavy atom. The van der Waals surface area contributed by atoms with Gasteiger partial charge in [-0.15, -0.1) is 18.9 Å². The number of ketones is 1. The summed E-state index contributed by atoms with van der Waals surface area (Å²) < 4.78 is 5.33. The fourth-order valence-electron chi connectivity index (χ4n) is 6.43. The van der Waals surface area contributed by atoms with Gasteiger partial charge in [-0.3, -0.25) is 19.2 Å². The van der Waals surface area contributed by atoms with Crippen LogP contribution in [-0.4, -0.2) is 90.9 Å². The average Bonchev–Trinajstić information content (AvgIpc) is 3.50. The molecule has 1 aliphatic carbocycles. The number of ether oxygens (including phenoxy) is 1. The Morgan fingerprint density at radius 1 is 1.04 bits per heavy atom. The van der Waals surface area contributed by atoms with Crippen LogP contribution < -0.4 is 26.6 Å². The number of nitrogens with zero attached hydrogens (tertiary/aromatic N) is 1. The second-order valence-electron chi connectivity index (χ2n) is 14.4. The van der Waals surface area contributed by atoms with Crippen molar-refractivity contribution in [2.45, 2.75) is 123 Å². The van der Waals surface area contributed by atoms with Gasteiger partial charge in [-0.05, 0) is 49.9 Å². The first-order chi connectivity index (χ1) is 23.1. The van der Waals surface area contributed by atoms with Gasteiger partial charge in [-0.2, -0.15) is 0 Å². The van der Waals surface area contributed by atoms with Gasteiger partial charge in [0.25, 0.3) is 5.91 Å². The monoisotopic (exact) mass is 686 g/mol. The first-order valence-corrected chi connectivity index (χ1v) is 17.6. The summed E-state index contributed by atoms with van der Waals surface area (Å²) in [7, 11) is 0. The summed E-state index contributed by atoms with van der Waals surface area (Å²) in [6.07, 6.45) is 11.9. The number of carbonyl (C=O) groups excluding carboxylic acids is 6. The number of likely N-dealkylation sites (tertiary alicyclic amines) is 1. The third-order valence-electron chi connectivity index (χ3n) is 9.54. The molecule has 5 atom stereocenters. The standard InChI is InChI=1S/C36H58N6O7/c1-9-13-17-25(28(43)31(45)38-21-10-2)39-30(44)27-24(11-3)18-22-42(27)32(46)29(36(8)19-15-14-16-20-36)41-33(47)40-26(35(5,6)7)23-49-34(48)37-12-4/h1,11,24-27,29H,3,10,12-23H2,2,4-8H3,(H,37,48)(H,38,45)(H,39,44)(H2,40,41,47)/t24-,25?,26+,27?,29?/m0/s1. The number of amides is 6. The third-order valence-corrected chi connectivity index (χ3v) is 9.54. The molecule has 5 N–H and O–H groups in total. The van der Waals surface area contributed by atoms with Crippen molar-refractivity contribution in [1.82, 2.24) is 31.5 Å². The van der Waals surface area contributed by atoms with Crippen molar-refractivity contribution < 1.29 is 33.5 Å². The third kappa shape index (κ3) is 11.8. The van der Waals surface area contributed by atoms with Crippen molar-refractivity contribution in [2.75, 3.05) is 26.2 Å². The van der Waals surface area contributed by atoms with E-state index in [9.17, 15) is 28.8 Å². The first-order valence-electron chi connectivity index (χ1n) is 17.6. The molecule has 0 bridgehead atoms. The van der Waals surface area contributed by atoms with E-state index in [0.717, 1.165) is 19.3 Å². The molecule has 2 aliphatic rings. The molecule has 3 unspecified atom stereocenters. The van der Waals surface area contributed by atoms with Crippen molar-refractivity contribution in [3.05, 3.63) is 12.7 Å². The van der Waals surface area contributed by atoms with E-state index < -0.39 is 76.5 Å². The lowest BCUT2D eigenvalue weighted by Crippen LogP contribution is -2.63. The van der Waals surface area contributed by atoms with Gasteiger partial charge >= 0.3 is 12.1 Å². The minimum Gasteiger partial charge on any atom is -0.447 e. The molecule has 2 fully saturated rings. The van der Waals surface area contributed by atoms with Crippen LogP contribution in [0.25, 0.3) is 0 Å². The summed E-state index contributed by atoms with van der Waals surface area (Å²) in [4.78, 5) is 81.2. The van der Waals surface area contributed by atoms with Crippen LogP contribution in [0.3, 0.4) is 0 Å². The molecule has 2 rings (SSSR count). The Kier molecular flexibility index (Phi) is 16.1. The van der Waals surface area contributed by atoms with E-state index in [4.69, 9.17) is 11.2 Å². The van der Waals surface area contributed by atoms with Crippen LogP contribution in [0.4, 0.5) is 9.59 Å². The van der Waals surface area contributed by atoms with Crippen molar-refractivity contribution >= 4 is 35.6 Å². The zero-order valence-electron chi connectivity index (χ0n) is 30.2. The van der Waals surface area contributed by atoms with Crippen LogP contribution in [0.15, 0.2) is 12.7 Å². The predicted molar refractivity (Wildman–Crippen MR) is 187 cm³/mol. The van der Waals surface area contributed by atoms with Crippen molar-refractivity contribution in [1.29, 1.82) is 0 Å². The number of rotatable bonds is 16. The number of Topliss-reactive ketones (excluding diaryl/α,β-unsaturated/α-hetero) is 1. The fourth-order valence-corrected chi connectivity index (χ4v) is 6.43. The Morgan fingerprint density at radius 2 is 1.71 bits per heavy atom. The van der Waals surface area contributed by atoms with E-state index in [1.807, 2.05) is 34.6 Å². The molecule has 0 radical (unpaired) electrons. The maximum absolute atomic E-state index is 14.6. The predicted octanol–water partition coefficient (Wildman–Crippen LogP) is 3.18. The van der Waals surface area contributed by atoms with Gasteiger partial charge in [0, 0.05) is 32.0 Å². The SMILES string of the molecule is C#CCCC(NC(=O)C1[C@@H](C=C)CCN1C(=O)C(NC(=O)N[C@H](COC(=O)NCC)C(C)(C)C)C1(C)CCCCC1)C(=O)C(=O)NCCC. The molecule has 13 heteroatoms. The molecule has 1 saturated carbocycles. The van der Waals surface area contributed by atoms with Crippen LogP contribution in [0, 0.1) is 29.1 Å². The summed E-state index contributed by atoms with van der Waals surface area (Å²) in [6, 6.07) is -4.34. The molecule has 0 aromatic rings. The number of urea groups is 1. The summed E-state index contributed by atoms with van der Waals surface area (Å²) in [5, 5.41) is 13.7. The molecule has 6 amide bonds. The molecule has 274 valence electrons. The zero-order chi connectivity index (χ0) is 36.8. The minimum atomic E-state index is -1.17. The molecule has 49 heavy (non-hydrogen) atoms. The van der Waals surface area contributed by atoms with E-state index >= 15 is 0 Å². The number of terminal acetylenes is 1. The number of carbonyl (C=O) groups is 6. The Balaban J connectivity index is 2.37. The molecule has 0 spiro atoms. The Labute approximate surface area is 291 Å². The van der Waals surface area contributed by atoms with Gasteiger partial charge in [-0.25, -0.2) is 9.59 Å². The lowest BCUT2D eigenvalue weighted by molar-refractivity contribution is -0.145. The summed E-state index contributed by atoms with van der Waals surface area (Å²) in [6.45, 7) is 16.1. The van der Waals surface area contributed by atoms with Gasteiger partial charge in [0.1, 0.15) is 18.7 Å². The normalized spacial score (nSPS) is 20.4. The Bertz CT molecular complexity index is 1230. The van der Waals surface area contributed by atoms with E-state index in [-0.39, 0.29) is 26.0 Å². The average molecular weight is 687 g/mol. The van der Waals surface area contributed by atoms with Crippen molar-refractivity contribution in [2.24, 2.45) is 16.7 Å². The molecule has 0 aromatic carbocycles. The molecular formula is C36H58N6O7. The first kappa shape index (κ1) is 41.1. The van der Waals surface area contributed by atoms with E-state index in [0.29, 0.717) is 38.8 Å². The van der Waals surface area contributed by atoms with Gasteiger partial charge in [0.2, 0.25) is 17.6 Å². The number of alkyl carbamates (subject to hydrolysis) is 1. The van der Waals surface area contributed by atoms with Crippen LogP contribution in [-0.2, 0) is 23.9 Å². The highest BCUT2D eigenvalue weighted by Crippen LogP contribution is 2.40. The topological polar surface area (TPSA) is 175 Å². The highest BCUT2D eigenvalue weighted by Gasteiger charge is 2.49. The molecular weight excluding hydrogens is 628 g/mol. The van der Waals surface area contributed by atoms with Crippen LogP contribution in [0.5, 0.6) is 0 Å². The van der Waals surface area contributed by atoms with Gasteiger partial charge < -0.3 is 36.2 Å². The zero-order valence-corrected chi connectivity index (χ0v) is 30.2. The molecule has 1 aliphatic heterocycles. The second kappa shape index (κ2) is 19.2. The molecule has 1 heterocycles. The fraction of sp³-hybridized carbons (Fsp3) is 0.722. The summed E-state index contributed by atoms with van der Waals surface area (Å²) in [5.41, 5.74) is -1.09. The minimum absolute atomic E-state index is 0.0568. The summed E-state index contributed by atoms with van der Waals surface area (Å²) >= 11 is 0.